The molecule has 0 aromatic carbocycles. The normalized spacial score (nSPS) is 9.50. The van der Waals surface area contributed by atoms with Crippen molar-refractivity contribution in [3.8, 4) is 0 Å². The van der Waals surface area contributed by atoms with E-state index in [9.17, 15) is 0 Å². The molecule has 0 fully saturated rings. The summed E-state index contributed by atoms with van der Waals surface area (Å²) < 4.78 is 33.1. The van der Waals surface area contributed by atoms with Gasteiger partial charge in [-0.15, -0.1) is 0 Å². The second-order valence-corrected chi connectivity index (χ2v) is 1.63. The summed E-state index contributed by atoms with van der Waals surface area (Å²) in [6.07, 6.45) is 0. The molecule has 0 rings (SSSR count). The molecule has 0 aliphatic rings. The standard InChI is InChI=1S/Mn.H2O.3O.P/h;1H2;;;;/q+1;;;;;/p-1. The maximum Gasteiger partial charge on any atom is 0 e. The van der Waals surface area contributed by atoms with Gasteiger partial charge in [0.05, 0.1) is 0 Å². The van der Waals surface area contributed by atoms with E-state index in [1.807, 2.05) is 0 Å². The van der Waals surface area contributed by atoms with Gasteiger partial charge >= 0.3 is 28.7 Å². The average molecular weight is 151 g/mol. The molecule has 0 unspecified atom stereocenters. The first-order valence-corrected chi connectivity index (χ1v) is 2.61. The molecule has 0 atom stereocenters. The Balaban J connectivity index is 0. The third-order valence-electron chi connectivity index (χ3n) is 0. The molecule has 0 aliphatic heterocycles. The van der Waals surface area contributed by atoms with E-state index in [0.717, 1.165) is 0 Å². The van der Waals surface area contributed by atoms with Crippen molar-refractivity contribution in [1.82, 2.24) is 0 Å². The van der Waals surface area contributed by atoms with Gasteiger partial charge in [0.25, 0.3) is 0 Å². The van der Waals surface area contributed by atoms with Crippen LogP contribution in [0.25, 0.3) is 0 Å². The summed E-state index contributed by atoms with van der Waals surface area (Å²) in [6, 6.07) is 0. The zero-order chi connectivity index (χ0) is 4.50. The van der Waals surface area contributed by atoms with Crippen LogP contribution in [0.1, 0.15) is 0 Å². The van der Waals surface area contributed by atoms with Crippen molar-refractivity contribution in [2.45, 2.75) is 0 Å². The van der Waals surface area contributed by atoms with E-state index in [1.54, 1.807) is 0 Å². The van der Waals surface area contributed by atoms with Crippen molar-refractivity contribution in [2.75, 3.05) is 0 Å². The summed E-state index contributed by atoms with van der Waals surface area (Å²) in [6.45, 7) is 0. The van der Waals surface area contributed by atoms with Gasteiger partial charge in [-0.1, -0.05) is 0 Å². The summed E-state index contributed by atoms with van der Waals surface area (Å²) in [5.41, 5.74) is 0. The van der Waals surface area contributed by atoms with Crippen LogP contribution < -0.4 is 0 Å². The van der Waals surface area contributed by atoms with E-state index < -0.39 is 13.0 Å². The Bertz CT molecular complexity index is 129. The zero-order valence-electron chi connectivity index (χ0n) is 2.50. The van der Waals surface area contributed by atoms with Gasteiger partial charge in [0, 0.05) is 9.90 Å². The minimum atomic E-state index is -5.38. The fourth-order valence-electron chi connectivity index (χ4n) is 0. The molecule has 0 aromatic rings. The Morgan fingerprint density at radius 1 is 1.17 bits per heavy atom. The minimum absolute atomic E-state index is 0. The number of hydrogen-bond acceptors (Lipinski definition) is 3. The Morgan fingerprint density at radius 3 is 1.17 bits per heavy atom. The largest absolute Gasteiger partial charge is 0 e. The molecular weight excluding hydrogens is 150 g/mol. The van der Waals surface area contributed by atoms with E-state index in [4.69, 9.17) is 15.7 Å². The Labute approximate surface area is 39.3 Å². The molecule has 1 N–H and O–H groups in total. The summed E-state index contributed by atoms with van der Waals surface area (Å²) in [5, 5.41) is 0. The first-order chi connectivity index (χ1) is 2.00. The monoisotopic (exact) mass is 151 g/mol. The maximum atomic E-state index is 8.69. The van der Waals surface area contributed by atoms with Crippen molar-refractivity contribution in [2.24, 2.45) is 0 Å². The van der Waals surface area contributed by atoms with E-state index in [0.29, 0.717) is 0 Å². The van der Waals surface area contributed by atoms with Gasteiger partial charge in [-0.3, -0.25) is 0 Å². The molecule has 4 nitrogen and oxygen atoms in total. The number of hydrogen-bond donors (Lipinski definition) is 1. The van der Waals surface area contributed by atoms with Crippen LogP contribution in [0, 0.1) is 0 Å². The molecule has 0 bridgehead atoms. The minimum Gasteiger partial charge on any atom is 0 e. The van der Waals surface area contributed by atoms with Gasteiger partial charge in [-0.25, -0.2) is 0 Å². The van der Waals surface area contributed by atoms with Crippen LogP contribution in [0.15, 0.2) is 0 Å². The van der Waals surface area contributed by atoms with E-state index in [1.165, 1.54) is 0 Å². The Hall–Kier alpha value is 0.309. The molecule has 0 heterocycles. The molecular formula is HMnO4P. The van der Waals surface area contributed by atoms with Crippen molar-refractivity contribution < 1.29 is 28.7 Å². The van der Waals surface area contributed by atoms with Crippen LogP contribution in [0.4, 0.5) is 0 Å². The Morgan fingerprint density at radius 2 is 1.17 bits per heavy atom. The molecule has 0 saturated carbocycles. The molecule has 3 radical (unpaired) electrons. The van der Waals surface area contributed by atoms with Crippen LogP contribution in [-0.4, -0.2) is 4.19 Å². The van der Waals surface area contributed by atoms with E-state index in [-0.39, 0.29) is 9.90 Å². The van der Waals surface area contributed by atoms with Gasteiger partial charge in [0.15, 0.2) is 0 Å². The van der Waals surface area contributed by atoms with Crippen molar-refractivity contribution >= 4 is 9.90 Å². The third-order valence-corrected chi connectivity index (χ3v) is 0. The quantitative estimate of drug-likeness (QED) is 0.389. The third kappa shape index (κ3) is 493. The molecule has 0 saturated heterocycles. The summed E-state index contributed by atoms with van der Waals surface area (Å²) in [4.78, 5) is 0. The summed E-state index contributed by atoms with van der Waals surface area (Å²) in [5.74, 6) is 0. The molecule has 6 heteroatoms. The second-order valence-electron chi connectivity index (χ2n) is 0.396. The van der Waals surface area contributed by atoms with Crippen LogP contribution in [0.5, 0.6) is 0 Å². The predicted octanol–water partition coefficient (Wildman–Crippen LogP) is -0.0547. The first-order valence-electron chi connectivity index (χ1n) is 0.632. The molecule has 6 heavy (non-hydrogen) atoms. The summed E-state index contributed by atoms with van der Waals surface area (Å²) >= 11 is -5.38. The maximum absolute atomic E-state index is 8.69. The molecule has 37 valence electrons. The predicted molar refractivity (Wildman–Crippen MR) is 11.2 cm³/mol. The molecule has 0 aromatic heterocycles. The first kappa shape index (κ1) is 9.58. The zero-order valence-corrected chi connectivity index (χ0v) is 4.57. The van der Waals surface area contributed by atoms with Gasteiger partial charge in [-0.2, -0.15) is 0 Å². The fraction of sp³-hybridized carbons (Fsp3) is 0. The van der Waals surface area contributed by atoms with Crippen LogP contribution in [0.3, 0.4) is 0 Å². The summed E-state index contributed by atoms with van der Waals surface area (Å²) in [7, 11) is 0. The average Bonchev–Trinajstić information content (AvgIpc) is 0.722. The Kier molecular flexibility index (Phi) is 3.95. The molecule has 0 spiro atoms. The van der Waals surface area contributed by atoms with Gasteiger partial charge < -0.3 is 0 Å². The van der Waals surface area contributed by atoms with Crippen molar-refractivity contribution in [3.05, 3.63) is 0 Å². The second kappa shape index (κ2) is 2.48. The van der Waals surface area contributed by atoms with Crippen LogP contribution in [-0.2, 0) is 24.5 Å². The SMILES string of the molecule is [O]=[Mn](=[O])(=[O])[OH].[P]. The van der Waals surface area contributed by atoms with Crippen molar-refractivity contribution in [3.63, 3.8) is 0 Å². The smallest absolute Gasteiger partial charge is 0 e. The van der Waals surface area contributed by atoms with Crippen LogP contribution in [0.2, 0.25) is 0 Å². The van der Waals surface area contributed by atoms with E-state index >= 15 is 0 Å². The molecule has 0 amide bonds. The van der Waals surface area contributed by atoms with Gasteiger partial charge in [-0.05, 0) is 0 Å². The number of rotatable bonds is 0. The van der Waals surface area contributed by atoms with Gasteiger partial charge in [0.2, 0.25) is 0 Å². The van der Waals surface area contributed by atoms with Crippen LogP contribution >= 0.6 is 9.90 Å². The fourth-order valence-corrected chi connectivity index (χ4v) is 0. The molecule has 0 aliphatic carbocycles. The van der Waals surface area contributed by atoms with Crippen molar-refractivity contribution in [1.29, 1.82) is 0 Å². The van der Waals surface area contributed by atoms with Gasteiger partial charge in [0.1, 0.15) is 0 Å². The topological polar surface area (TPSA) is 71.4 Å². The van der Waals surface area contributed by atoms with E-state index in [2.05, 4.69) is 0 Å².